The number of hydrogen-bond acceptors (Lipinski definition) is 2. The van der Waals surface area contributed by atoms with Gasteiger partial charge in [0.15, 0.2) is 0 Å². The fourth-order valence-corrected chi connectivity index (χ4v) is 3.84. The lowest BCUT2D eigenvalue weighted by molar-refractivity contribution is 0.493. The molecule has 1 aliphatic rings. The Balaban J connectivity index is 1.80. The molecule has 1 unspecified atom stereocenters. The predicted molar refractivity (Wildman–Crippen MR) is 82.7 cm³/mol. The van der Waals surface area contributed by atoms with Crippen molar-refractivity contribution in [2.45, 2.75) is 23.9 Å². The average Bonchev–Trinajstić information content (AvgIpc) is 2.47. The Bertz CT molecular complexity index is 642. The maximum atomic E-state index is 13.8. The van der Waals surface area contributed by atoms with Gasteiger partial charge in [0.1, 0.15) is 11.6 Å². The van der Waals surface area contributed by atoms with E-state index in [1.54, 1.807) is 36.0 Å². The van der Waals surface area contributed by atoms with Crippen molar-refractivity contribution in [1.82, 2.24) is 5.32 Å². The zero-order valence-electron chi connectivity index (χ0n) is 11.2. The van der Waals surface area contributed by atoms with E-state index >= 15 is 0 Å². The molecule has 1 atom stereocenters. The normalized spacial score (nSPS) is 17.6. The van der Waals surface area contributed by atoms with E-state index in [0.717, 1.165) is 22.6 Å². The minimum Gasteiger partial charge on any atom is -0.306 e. The molecule has 0 radical (unpaired) electrons. The first-order chi connectivity index (χ1) is 10.1. The highest BCUT2D eigenvalue weighted by molar-refractivity contribution is 7.99. The Morgan fingerprint density at radius 2 is 2.10 bits per heavy atom. The smallest absolute Gasteiger partial charge is 0.129 e. The molecule has 0 spiro atoms. The summed E-state index contributed by atoms with van der Waals surface area (Å²) in [6, 6.07) is 9.51. The highest BCUT2D eigenvalue weighted by Gasteiger charge is 2.21. The number of rotatable bonds is 3. The molecule has 1 heterocycles. The topological polar surface area (TPSA) is 12.0 Å². The lowest BCUT2D eigenvalue weighted by Crippen LogP contribution is -2.25. The van der Waals surface area contributed by atoms with Gasteiger partial charge >= 0.3 is 0 Å². The van der Waals surface area contributed by atoms with Crippen molar-refractivity contribution in [3.8, 4) is 0 Å². The molecule has 1 N–H and O–H groups in total. The number of benzene rings is 2. The number of fused-ring (bicyclic) bond motifs is 1. The third kappa shape index (κ3) is 3.23. The summed E-state index contributed by atoms with van der Waals surface area (Å²) >= 11 is 7.75. The number of halogens is 3. The average molecular weight is 326 g/mol. The van der Waals surface area contributed by atoms with Crippen LogP contribution in [0.25, 0.3) is 0 Å². The van der Waals surface area contributed by atoms with Crippen LogP contribution in [-0.2, 0) is 6.54 Å². The summed E-state index contributed by atoms with van der Waals surface area (Å²) in [5, 5.41) is 3.71. The van der Waals surface area contributed by atoms with E-state index in [1.165, 1.54) is 12.1 Å². The van der Waals surface area contributed by atoms with Gasteiger partial charge in [-0.25, -0.2) is 8.78 Å². The fourth-order valence-electron chi connectivity index (χ4n) is 2.50. The van der Waals surface area contributed by atoms with E-state index in [0.29, 0.717) is 17.1 Å². The molecular weight excluding hydrogens is 312 g/mol. The Morgan fingerprint density at radius 3 is 2.90 bits per heavy atom. The van der Waals surface area contributed by atoms with Crippen LogP contribution in [-0.4, -0.2) is 5.75 Å². The molecule has 0 saturated carbocycles. The minimum atomic E-state index is -0.320. The van der Waals surface area contributed by atoms with Gasteiger partial charge in [-0.15, -0.1) is 11.8 Å². The zero-order chi connectivity index (χ0) is 14.8. The molecular formula is C16H14ClF2NS. The molecule has 2 aromatic carbocycles. The molecule has 2 aromatic rings. The van der Waals surface area contributed by atoms with E-state index in [2.05, 4.69) is 5.32 Å². The highest BCUT2D eigenvalue weighted by atomic mass is 35.5. The van der Waals surface area contributed by atoms with Gasteiger partial charge in [-0.1, -0.05) is 17.7 Å². The van der Waals surface area contributed by atoms with Gasteiger partial charge in [0.2, 0.25) is 0 Å². The second-order valence-corrected chi connectivity index (χ2v) is 6.50. The monoisotopic (exact) mass is 325 g/mol. The largest absolute Gasteiger partial charge is 0.306 e. The summed E-state index contributed by atoms with van der Waals surface area (Å²) in [5.74, 6) is 0.396. The van der Waals surface area contributed by atoms with Crippen molar-refractivity contribution >= 4 is 23.4 Å². The molecule has 0 bridgehead atoms. The summed E-state index contributed by atoms with van der Waals surface area (Å²) in [7, 11) is 0. The van der Waals surface area contributed by atoms with Gasteiger partial charge in [0, 0.05) is 28.1 Å². The standard InChI is InChI=1S/C16H14ClF2NS/c17-13-2-1-3-14(19)12(13)9-20-15-6-7-21-16-5-4-10(18)8-11(15)16/h1-5,8,15,20H,6-7,9H2. The van der Waals surface area contributed by atoms with Crippen LogP contribution in [0.5, 0.6) is 0 Å². The maximum absolute atomic E-state index is 13.8. The molecule has 5 heteroatoms. The molecule has 1 aliphatic heterocycles. The lowest BCUT2D eigenvalue weighted by atomic mass is 10.0. The summed E-state index contributed by atoms with van der Waals surface area (Å²) in [5.41, 5.74) is 1.40. The first-order valence-electron chi connectivity index (χ1n) is 6.73. The van der Waals surface area contributed by atoms with Gasteiger partial charge in [-0.3, -0.25) is 0 Å². The Labute approximate surface area is 131 Å². The Hall–Kier alpha value is -1.10. The SMILES string of the molecule is Fc1ccc2c(c1)C(NCc1c(F)cccc1Cl)CCS2. The van der Waals surface area contributed by atoms with Crippen molar-refractivity contribution in [3.05, 3.63) is 64.2 Å². The second-order valence-electron chi connectivity index (χ2n) is 4.95. The van der Waals surface area contributed by atoms with Gasteiger partial charge in [0.05, 0.1) is 0 Å². The van der Waals surface area contributed by atoms with Crippen LogP contribution < -0.4 is 5.32 Å². The second kappa shape index (κ2) is 6.34. The molecule has 0 fully saturated rings. The van der Waals surface area contributed by atoms with Crippen LogP contribution in [0.4, 0.5) is 8.78 Å². The van der Waals surface area contributed by atoms with Crippen LogP contribution >= 0.6 is 23.4 Å². The zero-order valence-corrected chi connectivity index (χ0v) is 12.8. The minimum absolute atomic E-state index is 0.0209. The number of nitrogens with one attached hydrogen (secondary N) is 1. The third-order valence-corrected chi connectivity index (χ3v) is 5.07. The first kappa shape index (κ1) is 14.8. The molecule has 0 aromatic heterocycles. The van der Waals surface area contributed by atoms with Crippen molar-refractivity contribution in [2.24, 2.45) is 0 Å². The Kier molecular flexibility index (Phi) is 4.48. The first-order valence-corrected chi connectivity index (χ1v) is 8.10. The van der Waals surface area contributed by atoms with Crippen molar-refractivity contribution in [3.63, 3.8) is 0 Å². The van der Waals surface area contributed by atoms with Crippen LogP contribution in [0, 0.1) is 11.6 Å². The Morgan fingerprint density at radius 1 is 1.24 bits per heavy atom. The van der Waals surface area contributed by atoms with Crippen molar-refractivity contribution < 1.29 is 8.78 Å². The fraction of sp³-hybridized carbons (Fsp3) is 0.250. The van der Waals surface area contributed by atoms with E-state index < -0.39 is 0 Å². The summed E-state index contributed by atoms with van der Waals surface area (Å²) in [6.45, 7) is 0.330. The van der Waals surface area contributed by atoms with Crippen molar-refractivity contribution in [1.29, 1.82) is 0 Å². The third-order valence-electron chi connectivity index (χ3n) is 3.60. The van der Waals surface area contributed by atoms with E-state index in [-0.39, 0.29) is 17.7 Å². The van der Waals surface area contributed by atoms with Gasteiger partial charge in [-0.2, -0.15) is 0 Å². The number of hydrogen-bond donors (Lipinski definition) is 1. The van der Waals surface area contributed by atoms with Gasteiger partial charge < -0.3 is 5.32 Å². The quantitative estimate of drug-likeness (QED) is 0.857. The molecule has 3 rings (SSSR count). The summed E-state index contributed by atoms with van der Waals surface area (Å²) in [6.07, 6.45) is 0.882. The van der Waals surface area contributed by atoms with Gasteiger partial charge in [0.25, 0.3) is 0 Å². The van der Waals surface area contributed by atoms with Crippen LogP contribution in [0.3, 0.4) is 0 Å². The van der Waals surface area contributed by atoms with Crippen LogP contribution in [0.1, 0.15) is 23.6 Å². The molecule has 0 saturated heterocycles. The maximum Gasteiger partial charge on any atom is 0.129 e. The van der Waals surface area contributed by atoms with E-state index in [1.807, 2.05) is 0 Å². The van der Waals surface area contributed by atoms with Gasteiger partial charge in [-0.05, 0) is 48.1 Å². The molecule has 110 valence electrons. The number of thioether (sulfide) groups is 1. The van der Waals surface area contributed by atoms with Crippen LogP contribution in [0.15, 0.2) is 41.3 Å². The molecule has 0 aliphatic carbocycles. The molecule has 0 amide bonds. The van der Waals surface area contributed by atoms with E-state index in [4.69, 9.17) is 11.6 Å². The lowest BCUT2D eigenvalue weighted by Gasteiger charge is -2.26. The van der Waals surface area contributed by atoms with Crippen molar-refractivity contribution in [2.75, 3.05) is 5.75 Å². The molecule has 1 nitrogen and oxygen atoms in total. The van der Waals surface area contributed by atoms with Crippen LogP contribution in [0.2, 0.25) is 5.02 Å². The predicted octanol–water partition coefficient (Wildman–Crippen LogP) is 4.94. The summed E-state index contributed by atoms with van der Waals surface area (Å²) in [4.78, 5) is 1.08. The summed E-state index contributed by atoms with van der Waals surface area (Å²) < 4.78 is 27.2. The molecule has 21 heavy (non-hydrogen) atoms. The van der Waals surface area contributed by atoms with E-state index in [9.17, 15) is 8.78 Å². The highest BCUT2D eigenvalue weighted by Crippen LogP contribution is 2.36.